The van der Waals surface area contributed by atoms with Crippen molar-refractivity contribution in [1.82, 2.24) is 4.72 Å². The highest BCUT2D eigenvalue weighted by Gasteiger charge is 2.17. The van der Waals surface area contributed by atoms with E-state index in [1.165, 1.54) is 30.7 Å². The summed E-state index contributed by atoms with van der Waals surface area (Å²) in [5.41, 5.74) is 2.07. The van der Waals surface area contributed by atoms with Crippen molar-refractivity contribution < 1.29 is 12.8 Å². The fourth-order valence-corrected chi connectivity index (χ4v) is 4.14. The van der Waals surface area contributed by atoms with E-state index in [9.17, 15) is 12.8 Å². The molecule has 0 aromatic heterocycles. The molecule has 134 valence electrons. The van der Waals surface area contributed by atoms with Crippen molar-refractivity contribution in [3.05, 3.63) is 59.9 Å². The van der Waals surface area contributed by atoms with Crippen LogP contribution in [0, 0.1) is 11.7 Å². The Morgan fingerprint density at radius 1 is 1.12 bits per heavy atom. The van der Waals surface area contributed by atoms with Gasteiger partial charge in [-0.3, -0.25) is 0 Å². The van der Waals surface area contributed by atoms with Crippen LogP contribution < -0.4 is 9.62 Å². The van der Waals surface area contributed by atoms with Crippen LogP contribution in [0.4, 0.5) is 10.1 Å². The molecule has 0 spiro atoms. The number of halogens is 1. The Balaban J connectivity index is 1.62. The van der Waals surface area contributed by atoms with Gasteiger partial charge in [0.25, 0.3) is 0 Å². The van der Waals surface area contributed by atoms with Gasteiger partial charge in [0, 0.05) is 25.3 Å². The monoisotopic (exact) mass is 362 g/mol. The van der Waals surface area contributed by atoms with Crippen LogP contribution in [0.1, 0.15) is 25.3 Å². The zero-order valence-corrected chi connectivity index (χ0v) is 15.1. The molecule has 1 aliphatic heterocycles. The van der Waals surface area contributed by atoms with E-state index in [1.807, 2.05) is 24.3 Å². The number of hydrogen-bond donors (Lipinski definition) is 1. The Morgan fingerprint density at radius 3 is 2.44 bits per heavy atom. The molecule has 6 heteroatoms. The number of benzene rings is 2. The molecule has 4 nitrogen and oxygen atoms in total. The lowest BCUT2D eigenvalue weighted by Crippen LogP contribution is -2.34. The number of nitrogens with one attached hydrogen (secondary N) is 1. The maximum absolute atomic E-state index is 12.9. The van der Waals surface area contributed by atoms with Gasteiger partial charge in [0.1, 0.15) is 5.82 Å². The summed E-state index contributed by atoms with van der Waals surface area (Å²) < 4.78 is 39.9. The van der Waals surface area contributed by atoms with Gasteiger partial charge in [0.05, 0.1) is 4.90 Å². The van der Waals surface area contributed by atoms with Crippen molar-refractivity contribution in [2.45, 2.75) is 31.2 Å². The fourth-order valence-electron chi connectivity index (χ4n) is 3.12. The molecule has 0 saturated carbocycles. The van der Waals surface area contributed by atoms with Crippen LogP contribution in [0.3, 0.4) is 0 Å². The van der Waals surface area contributed by atoms with Crippen LogP contribution in [0.2, 0.25) is 0 Å². The van der Waals surface area contributed by atoms with E-state index in [2.05, 4.69) is 16.5 Å². The molecule has 1 N–H and O–H groups in total. The lowest BCUT2D eigenvalue weighted by atomic mass is 9.99. The van der Waals surface area contributed by atoms with Crippen molar-refractivity contribution in [3.63, 3.8) is 0 Å². The molecular weight excluding hydrogens is 339 g/mol. The molecule has 1 atom stereocenters. The third-order valence-corrected chi connectivity index (χ3v) is 5.97. The first-order valence-electron chi connectivity index (χ1n) is 8.53. The molecule has 1 saturated heterocycles. The highest BCUT2D eigenvalue weighted by molar-refractivity contribution is 7.89. The molecule has 0 aliphatic carbocycles. The first-order chi connectivity index (χ1) is 11.9. The Bertz CT molecular complexity index is 804. The van der Waals surface area contributed by atoms with Gasteiger partial charge < -0.3 is 4.90 Å². The number of piperidine rings is 1. The maximum Gasteiger partial charge on any atom is 0.240 e. The van der Waals surface area contributed by atoms with Crippen LogP contribution >= 0.6 is 0 Å². The lowest BCUT2D eigenvalue weighted by molar-refractivity contribution is 0.447. The predicted molar refractivity (Wildman–Crippen MR) is 97.5 cm³/mol. The lowest BCUT2D eigenvalue weighted by Gasteiger charge is -2.32. The highest BCUT2D eigenvalue weighted by atomic mass is 32.2. The molecule has 2 aromatic rings. The Labute approximate surface area is 148 Å². The molecule has 1 fully saturated rings. The summed E-state index contributed by atoms with van der Waals surface area (Å²) in [4.78, 5) is 2.44. The Hall–Kier alpha value is -1.92. The van der Waals surface area contributed by atoms with Crippen LogP contribution in [0.15, 0.2) is 53.4 Å². The summed E-state index contributed by atoms with van der Waals surface area (Å²) in [6, 6.07) is 12.8. The van der Waals surface area contributed by atoms with Crippen LogP contribution in [0.5, 0.6) is 0 Å². The van der Waals surface area contributed by atoms with Crippen LogP contribution in [0.25, 0.3) is 0 Å². The van der Waals surface area contributed by atoms with Gasteiger partial charge in [-0.15, -0.1) is 0 Å². The Kier molecular flexibility index (Phi) is 5.39. The number of rotatable bonds is 5. The first-order valence-corrected chi connectivity index (χ1v) is 10.0. The van der Waals surface area contributed by atoms with Gasteiger partial charge in [-0.2, -0.15) is 0 Å². The van der Waals surface area contributed by atoms with Gasteiger partial charge in [-0.1, -0.05) is 19.1 Å². The number of nitrogens with zero attached hydrogens (tertiary/aromatic N) is 1. The second-order valence-electron chi connectivity index (χ2n) is 6.64. The molecule has 3 rings (SSSR count). The van der Waals surface area contributed by atoms with Gasteiger partial charge in [-0.25, -0.2) is 17.5 Å². The van der Waals surface area contributed by atoms with Crippen molar-refractivity contribution >= 4 is 15.7 Å². The predicted octanol–water partition coefficient (Wildman–Crippen LogP) is 3.54. The third kappa shape index (κ3) is 4.58. The molecule has 1 aliphatic rings. The number of hydrogen-bond acceptors (Lipinski definition) is 3. The second kappa shape index (κ2) is 7.54. The summed E-state index contributed by atoms with van der Waals surface area (Å²) in [6.07, 6.45) is 2.49. The number of sulfonamides is 1. The third-order valence-electron chi connectivity index (χ3n) is 4.55. The summed E-state index contributed by atoms with van der Waals surface area (Å²) in [5.74, 6) is 0.248. The van der Waals surface area contributed by atoms with E-state index in [0.717, 1.165) is 30.8 Å². The summed E-state index contributed by atoms with van der Waals surface area (Å²) in [5, 5.41) is 0. The Morgan fingerprint density at radius 2 is 1.80 bits per heavy atom. The van der Waals surface area contributed by atoms with Crippen molar-refractivity contribution in [2.75, 3.05) is 18.0 Å². The zero-order valence-electron chi connectivity index (χ0n) is 14.3. The first kappa shape index (κ1) is 17.9. The van der Waals surface area contributed by atoms with Gasteiger partial charge in [0.2, 0.25) is 10.0 Å². The molecule has 0 radical (unpaired) electrons. The average Bonchev–Trinajstić information content (AvgIpc) is 2.61. The molecule has 1 unspecified atom stereocenters. The fraction of sp³-hybridized carbons (Fsp3) is 0.368. The van der Waals surface area contributed by atoms with E-state index in [4.69, 9.17) is 0 Å². The highest BCUT2D eigenvalue weighted by Crippen LogP contribution is 2.23. The number of anilines is 1. The smallest absolute Gasteiger partial charge is 0.240 e. The van der Waals surface area contributed by atoms with E-state index >= 15 is 0 Å². The van der Waals surface area contributed by atoms with Crippen LogP contribution in [-0.4, -0.2) is 21.5 Å². The van der Waals surface area contributed by atoms with Crippen molar-refractivity contribution in [3.8, 4) is 0 Å². The van der Waals surface area contributed by atoms with E-state index in [0.29, 0.717) is 5.92 Å². The molecular formula is C19H23FN2O2S. The van der Waals surface area contributed by atoms with Gasteiger partial charge in [0.15, 0.2) is 0 Å². The topological polar surface area (TPSA) is 49.4 Å². The van der Waals surface area contributed by atoms with Crippen molar-refractivity contribution in [1.29, 1.82) is 0 Å². The minimum atomic E-state index is -3.64. The summed E-state index contributed by atoms with van der Waals surface area (Å²) in [7, 11) is -3.64. The zero-order chi connectivity index (χ0) is 17.9. The SMILES string of the molecule is CC1CCCN(c2ccc(CNS(=O)(=O)c3ccc(F)cc3)cc2)C1. The summed E-state index contributed by atoms with van der Waals surface area (Å²) in [6.45, 7) is 4.61. The minimum absolute atomic E-state index is 0.0628. The summed E-state index contributed by atoms with van der Waals surface area (Å²) >= 11 is 0. The van der Waals surface area contributed by atoms with Gasteiger partial charge >= 0.3 is 0 Å². The maximum atomic E-state index is 12.9. The second-order valence-corrected chi connectivity index (χ2v) is 8.41. The van der Waals surface area contributed by atoms with Crippen LogP contribution in [-0.2, 0) is 16.6 Å². The molecule has 1 heterocycles. The average molecular weight is 362 g/mol. The normalized spacial score (nSPS) is 18.3. The standard InChI is InChI=1S/C19H23FN2O2S/c1-15-3-2-12-22(14-15)18-8-4-16(5-9-18)13-21-25(23,24)19-10-6-17(20)7-11-19/h4-11,15,21H,2-3,12-14H2,1H3. The molecule has 0 amide bonds. The largest absolute Gasteiger partial charge is 0.371 e. The van der Waals surface area contributed by atoms with Crippen molar-refractivity contribution in [2.24, 2.45) is 5.92 Å². The van der Waals surface area contributed by atoms with Gasteiger partial charge in [-0.05, 0) is 60.7 Å². The van der Waals surface area contributed by atoms with E-state index in [-0.39, 0.29) is 11.4 Å². The molecule has 0 bridgehead atoms. The molecule has 2 aromatic carbocycles. The van der Waals surface area contributed by atoms with E-state index < -0.39 is 15.8 Å². The van der Waals surface area contributed by atoms with E-state index in [1.54, 1.807) is 0 Å². The molecule has 25 heavy (non-hydrogen) atoms. The quantitative estimate of drug-likeness (QED) is 0.885. The minimum Gasteiger partial charge on any atom is -0.371 e.